The summed E-state index contributed by atoms with van der Waals surface area (Å²) < 4.78 is 5.53. The van der Waals surface area contributed by atoms with Crippen LogP contribution in [0.4, 0.5) is 5.69 Å². The third-order valence-electron chi connectivity index (χ3n) is 7.03. The Hall–Kier alpha value is -2.85. The van der Waals surface area contributed by atoms with Gasteiger partial charge < -0.3 is 14.5 Å². The second kappa shape index (κ2) is 7.44. The van der Waals surface area contributed by atoms with Crippen molar-refractivity contribution in [3.63, 3.8) is 0 Å². The molecular weight excluding hydrogens is 372 g/mol. The molecular formula is C26H28N2O2. The predicted molar refractivity (Wildman–Crippen MR) is 122 cm³/mol. The number of piperidine rings is 1. The zero-order chi connectivity index (χ0) is 20.7. The molecule has 0 bridgehead atoms. The molecule has 1 amide bonds. The second-order valence-electron chi connectivity index (χ2n) is 8.55. The molecule has 0 unspecified atom stereocenters. The Bertz CT molecular complexity index is 1100. The quantitative estimate of drug-likeness (QED) is 0.629. The van der Waals surface area contributed by atoms with Crippen LogP contribution in [0.2, 0.25) is 0 Å². The summed E-state index contributed by atoms with van der Waals surface area (Å²) in [6.45, 7) is 6.20. The topological polar surface area (TPSA) is 32.8 Å². The first-order chi connectivity index (χ1) is 14.6. The molecule has 30 heavy (non-hydrogen) atoms. The lowest BCUT2D eigenvalue weighted by atomic mass is 9.74. The number of fused-ring (bicyclic) bond motifs is 3. The van der Waals surface area contributed by atoms with Gasteiger partial charge in [-0.3, -0.25) is 4.79 Å². The van der Waals surface area contributed by atoms with Gasteiger partial charge in [0.2, 0.25) is 0 Å². The van der Waals surface area contributed by atoms with Gasteiger partial charge in [-0.15, -0.1) is 0 Å². The van der Waals surface area contributed by atoms with E-state index in [1.54, 1.807) is 7.11 Å². The Morgan fingerprint density at radius 2 is 1.77 bits per heavy atom. The smallest absolute Gasteiger partial charge is 0.258 e. The van der Waals surface area contributed by atoms with Crippen LogP contribution in [0.5, 0.6) is 5.75 Å². The fraction of sp³-hybridized carbons (Fsp3) is 0.346. The fourth-order valence-corrected chi connectivity index (χ4v) is 5.16. The van der Waals surface area contributed by atoms with Crippen molar-refractivity contribution in [1.29, 1.82) is 0 Å². The van der Waals surface area contributed by atoms with Gasteiger partial charge >= 0.3 is 0 Å². The van der Waals surface area contributed by atoms with Crippen molar-refractivity contribution >= 4 is 22.4 Å². The maximum absolute atomic E-state index is 13.6. The van der Waals surface area contributed by atoms with E-state index in [4.69, 9.17) is 4.74 Å². The summed E-state index contributed by atoms with van der Waals surface area (Å²) in [6.07, 6.45) is 2.14. The summed E-state index contributed by atoms with van der Waals surface area (Å²) >= 11 is 0. The lowest BCUT2D eigenvalue weighted by molar-refractivity contribution is 0.0977. The van der Waals surface area contributed by atoms with E-state index in [9.17, 15) is 4.79 Å². The number of carbonyl (C=O) groups excluding carboxylic acids is 1. The molecule has 0 radical (unpaired) electrons. The summed E-state index contributed by atoms with van der Waals surface area (Å²) in [6, 6.07) is 20.4. The number of benzene rings is 3. The molecule has 2 aliphatic rings. The number of amides is 1. The normalized spacial score (nSPS) is 18.0. The van der Waals surface area contributed by atoms with Gasteiger partial charge in [-0.05, 0) is 79.1 Å². The Morgan fingerprint density at radius 1 is 1.00 bits per heavy atom. The van der Waals surface area contributed by atoms with Gasteiger partial charge in [0.05, 0.1) is 7.11 Å². The van der Waals surface area contributed by atoms with E-state index >= 15 is 0 Å². The zero-order valence-electron chi connectivity index (χ0n) is 17.7. The van der Waals surface area contributed by atoms with Crippen molar-refractivity contribution in [2.45, 2.75) is 25.2 Å². The second-order valence-corrected chi connectivity index (χ2v) is 8.55. The van der Waals surface area contributed by atoms with Crippen LogP contribution in [0.25, 0.3) is 10.8 Å². The van der Waals surface area contributed by atoms with E-state index in [0.29, 0.717) is 0 Å². The van der Waals surface area contributed by atoms with Crippen LogP contribution >= 0.6 is 0 Å². The largest absolute Gasteiger partial charge is 0.497 e. The highest BCUT2D eigenvalue weighted by molar-refractivity contribution is 6.09. The van der Waals surface area contributed by atoms with E-state index < -0.39 is 0 Å². The maximum atomic E-state index is 13.6. The molecule has 5 rings (SSSR count). The van der Waals surface area contributed by atoms with Crippen molar-refractivity contribution in [2.75, 3.05) is 38.2 Å². The van der Waals surface area contributed by atoms with Gasteiger partial charge in [0.1, 0.15) is 5.75 Å². The average Bonchev–Trinajstić information content (AvgIpc) is 3.12. The highest BCUT2D eigenvalue weighted by Crippen LogP contribution is 2.48. The minimum Gasteiger partial charge on any atom is -0.497 e. The number of methoxy groups -OCH3 is 1. The summed E-state index contributed by atoms with van der Waals surface area (Å²) in [7, 11) is 1.71. The minimum atomic E-state index is 0.0159. The molecule has 0 N–H and O–H groups in total. The highest BCUT2D eigenvalue weighted by atomic mass is 16.5. The number of hydrogen-bond donors (Lipinski definition) is 0. The van der Waals surface area contributed by atoms with E-state index in [1.165, 1.54) is 5.56 Å². The molecule has 1 fully saturated rings. The molecule has 0 atom stereocenters. The van der Waals surface area contributed by atoms with Gasteiger partial charge in [-0.25, -0.2) is 0 Å². The Balaban J connectivity index is 1.53. The van der Waals surface area contributed by atoms with E-state index in [1.807, 2.05) is 41.3 Å². The molecule has 2 aliphatic heterocycles. The first-order valence-electron chi connectivity index (χ1n) is 10.8. The van der Waals surface area contributed by atoms with Crippen LogP contribution < -0.4 is 9.64 Å². The number of nitrogens with zero attached hydrogens (tertiary/aromatic N) is 2. The van der Waals surface area contributed by atoms with Crippen molar-refractivity contribution < 1.29 is 9.53 Å². The minimum absolute atomic E-state index is 0.0159. The summed E-state index contributed by atoms with van der Waals surface area (Å²) in [5.74, 6) is 0.952. The summed E-state index contributed by atoms with van der Waals surface area (Å²) in [5, 5.41) is 2.26. The molecule has 1 saturated heterocycles. The lowest BCUT2D eigenvalue weighted by Gasteiger charge is -2.39. The molecule has 4 nitrogen and oxygen atoms in total. The number of anilines is 1. The number of rotatable bonds is 3. The van der Waals surface area contributed by atoms with Crippen LogP contribution in [0.3, 0.4) is 0 Å². The molecule has 0 saturated carbocycles. The molecule has 2 heterocycles. The first kappa shape index (κ1) is 19.1. The number of carbonyl (C=O) groups is 1. The molecule has 4 heteroatoms. The molecule has 3 aromatic rings. The van der Waals surface area contributed by atoms with Crippen molar-refractivity contribution in [2.24, 2.45) is 0 Å². The van der Waals surface area contributed by atoms with Crippen LogP contribution in [0.15, 0.2) is 60.7 Å². The molecule has 0 aliphatic carbocycles. The van der Waals surface area contributed by atoms with Gasteiger partial charge in [0, 0.05) is 23.2 Å². The molecule has 3 aromatic carbocycles. The number of ether oxygens (including phenoxy) is 1. The van der Waals surface area contributed by atoms with Crippen molar-refractivity contribution in [1.82, 2.24) is 4.90 Å². The third kappa shape index (κ3) is 3.07. The van der Waals surface area contributed by atoms with E-state index in [2.05, 4.69) is 36.1 Å². The van der Waals surface area contributed by atoms with Crippen LogP contribution in [0, 0.1) is 0 Å². The lowest BCUT2D eigenvalue weighted by Crippen LogP contribution is -2.46. The third-order valence-corrected chi connectivity index (χ3v) is 7.03. The standard InChI is InChI=1S/C26H28N2O2/c1-3-27-14-12-26(13-15-27)18-28(24-11-10-22(30-2)17-23(24)26)25(29)21-9-8-19-6-4-5-7-20(19)16-21/h4-11,16-17H,3,12-15,18H2,1-2H3. The monoisotopic (exact) mass is 400 g/mol. The molecule has 154 valence electrons. The molecule has 1 spiro atoms. The predicted octanol–water partition coefficient (Wildman–Crippen LogP) is 4.86. The Labute approximate surface area is 178 Å². The summed E-state index contributed by atoms with van der Waals surface area (Å²) in [5.41, 5.74) is 3.08. The first-order valence-corrected chi connectivity index (χ1v) is 10.8. The van der Waals surface area contributed by atoms with Crippen LogP contribution in [0.1, 0.15) is 35.7 Å². The number of hydrogen-bond acceptors (Lipinski definition) is 3. The van der Waals surface area contributed by atoms with Crippen LogP contribution in [-0.4, -0.2) is 44.1 Å². The molecule has 0 aromatic heterocycles. The van der Waals surface area contributed by atoms with E-state index in [-0.39, 0.29) is 11.3 Å². The highest BCUT2D eigenvalue weighted by Gasteiger charge is 2.46. The Kier molecular flexibility index (Phi) is 4.75. The van der Waals surface area contributed by atoms with Crippen molar-refractivity contribution in [3.05, 3.63) is 71.8 Å². The van der Waals surface area contributed by atoms with E-state index in [0.717, 1.165) is 66.8 Å². The Morgan fingerprint density at radius 3 is 2.50 bits per heavy atom. The van der Waals surface area contributed by atoms with Crippen molar-refractivity contribution in [3.8, 4) is 5.75 Å². The zero-order valence-corrected chi connectivity index (χ0v) is 17.7. The SMILES string of the molecule is CCN1CCC2(CC1)CN(C(=O)c1ccc3ccccc3c1)c1ccc(OC)cc12. The average molecular weight is 401 g/mol. The number of likely N-dealkylation sites (tertiary alicyclic amines) is 1. The summed E-state index contributed by atoms with van der Waals surface area (Å²) in [4.78, 5) is 18.1. The maximum Gasteiger partial charge on any atom is 0.258 e. The fourth-order valence-electron chi connectivity index (χ4n) is 5.16. The van der Waals surface area contributed by atoms with Gasteiger partial charge in [-0.2, -0.15) is 0 Å². The van der Waals surface area contributed by atoms with Gasteiger partial charge in [0.15, 0.2) is 0 Å². The van der Waals surface area contributed by atoms with Gasteiger partial charge in [-0.1, -0.05) is 37.3 Å². The van der Waals surface area contributed by atoms with Crippen LogP contribution in [-0.2, 0) is 5.41 Å². The van der Waals surface area contributed by atoms with Gasteiger partial charge in [0.25, 0.3) is 5.91 Å².